The zero-order valence-electron chi connectivity index (χ0n) is 18.5. The van der Waals surface area contributed by atoms with Crippen molar-refractivity contribution < 1.29 is 9.59 Å². The van der Waals surface area contributed by atoms with Crippen LogP contribution in [0.3, 0.4) is 0 Å². The van der Waals surface area contributed by atoms with E-state index in [-0.39, 0.29) is 24.2 Å². The third-order valence-corrected chi connectivity index (χ3v) is 6.34. The number of hydrogen-bond donors (Lipinski definition) is 1. The predicted molar refractivity (Wildman–Crippen MR) is 123 cm³/mol. The van der Waals surface area contributed by atoms with Crippen LogP contribution in [0.15, 0.2) is 48.5 Å². The summed E-state index contributed by atoms with van der Waals surface area (Å²) in [5, 5.41) is 3.02. The Balaban J connectivity index is 1.46. The van der Waals surface area contributed by atoms with Crippen LogP contribution in [0.25, 0.3) is 11.0 Å². The van der Waals surface area contributed by atoms with E-state index in [1.807, 2.05) is 42.5 Å². The lowest BCUT2D eigenvalue weighted by molar-refractivity contribution is -0.126. The van der Waals surface area contributed by atoms with Gasteiger partial charge in [-0.05, 0) is 43.0 Å². The summed E-state index contributed by atoms with van der Waals surface area (Å²) in [6.45, 7) is 7.95. The minimum atomic E-state index is -0.350. The Bertz CT molecular complexity index is 1100. The zero-order chi connectivity index (χ0) is 22.0. The van der Waals surface area contributed by atoms with Gasteiger partial charge in [-0.25, -0.2) is 4.98 Å². The van der Waals surface area contributed by atoms with Gasteiger partial charge < -0.3 is 14.8 Å². The van der Waals surface area contributed by atoms with Gasteiger partial charge in [0, 0.05) is 25.2 Å². The Morgan fingerprint density at radius 3 is 2.68 bits per heavy atom. The predicted octanol–water partition coefficient (Wildman–Crippen LogP) is 4.24. The summed E-state index contributed by atoms with van der Waals surface area (Å²) in [7, 11) is 0. The number of amides is 2. The van der Waals surface area contributed by atoms with Gasteiger partial charge in [0.05, 0.1) is 23.5 Å². The third-order valence-electron chi connectivity index (χ3n) is 6.34. The van der Waals surface area contributed by atoms with Crippen LogP contribution in [0.5, 0.6) is 0 Å². The quantitative estimate of drug-likeness (QED) is 0.624. The monoisotopic (exact) mass is 418 g/mol. The van der Waals surface area contributed by atoms with E-state index < -0.39 is 0 Å². The van der Waals surface area contributed by atoms with Crippen LogP contribution in [0.1, 0.15) is 50.9 Å². The number of carbonyl (C=O) groups is 2. The Kier molecular flexibility index (Phi) is 6.07. The van der Waals surface area contributed by atoms with Crippen molar-refractivity contribution in [2.75, 3.05) is 11.4 Å². The van der Waals surface area contributed by atoms with E-state index in [0.29, 0.717) is 19.0 Å². The molecule has 0 aliphatic carbocycles. The van der Waals surface area contributed by atoms with Gasteiger partial charge in [0.15, 0.2) is 0 Å². The Hall–Kier alpha value is -3.15. The largest absolute Gasteiger partial charge is 0.349 e. The molecule has 0 spiro atoms. The summed E-state index contributed by atoms with van der Waals surface area (Å²) >= 11 is 0. The first kappa shape index (κ1) is 21.1. The lowest BCUT2D eigenvalue weighted by Crippen LogP contribution is -2.33. The SMILES string of the molecule is CCC(C)c1ccccc1N1CC(C(=O)NCc2nc3ccccc3n2CC)CC1=O. The average Bonchev–Trinajstić information content (AvgIpc) is 3.36. The van der Waals surface area contributed by atoms with E-state index in [1.165, 1.54) is 0 Å². The van der Waals surface area contributed by atoms with Crippen molar-refractivity contribution in [2.45, 2.75) is 52.6 Å². The molecule has 1 aliphatic heterocycles. The van der Waals surface area contributed by atoms with E-state index in [4.69, 9.17) is 0 Å². The van der Waals surface area contributed by atoms with E-state index in [2.05, 4.69) is 41.7 Å². The molecule has 3 aromatic rings. The number of aromatic nitrogens is 2. The highest BCUT2D eigenvalue weighted by Gasteiger charge is 2.36. The Morgan fingerprint density at radius 2 is 1.90 bits per heavy atom. The molecule has 6 heteroatoms. The molecule has 2 atom stereocenters. The normalized spacial score (nSPS) is 17.3. The molecule has 31 heavy (non-hydrogen) atoms. The minimum Gasteiger partial charge on any atom is -0.349 e. The smallest absolute Gasteiger partial charge is 0.227 e. The Labute approximate surface area is 183 Å². The number of fused-ring (bicyclic) bond motifs is 1. The molecule has 0 bridgehead atoms. The van der Waals surface area contributed by atoms with Crippen molar-refractivity contribution in [2.24, 2.45) is 5.92 Å². The fraction of sp³-hybridized carbons (Fsp3) is 0.400. The molecule has 6 nitrogen and oxygen atoms in total. The van der Waals surface area contributed by atoms with Crippen molar-refractivity contribution in [1.29, 1.82) is 0 Å². The van der Waals surface area contributed by atoms with Gasteiger partial charge in [-0.1, -0.05) is 44.2 Å². The fourth-order valence-corrected chi connectivity index (χ4v) is 4.41. The molecule has 4 rings (SSSR count). The van der Waals surface area contributed by atoms with Crippen molar-refractivity contribution in [3.63, 3.8) is 0 Å². The second kappa shape index (κ2) is 8.92. The van der Waals surface area contributed by atoms with Gasteiger partial charge >= 0.3 is 0 Å². The Morgan fingerprint density at radius 1 is 1.16 bits per heavy atom. The maximum atomic E-state index is 12.9. The van der Waals surface area contributed by atoms with Gasteiger partial charge in [-0.2, -0.15) is 0 Å². The highest BCUT2D eigenvalue weighted by Crippen LogP contribution is 2.33. The second-order valence-electron chi connectivity index (χ2n) is 8.25. The number of nitrogens with one attached hydrogen (secondary N) is 1. The first-order chi connectivity index (χ1) is 15.0. The summed E-state index contributed by atoms with van der Waals surface area (Å²) in [6.07, 6.45) is 1.24. The summed E-state index contributed by atoms with van der Waals surface area (Å²) < 4.78 is 2.12. The standard InChI is InChI=1S/C25H30N4O2/c1-4-17(3)19-10-6-8-12-21(19)29-16-18(14-24(29)30)25(31)26-15-23-27-20-11-7-9-13-22(20)28(23)5-2/h6-13,17-18H,4-5,14-16H2,1-3H3,(H,26,31). The lowest BCUT2D eigenvalue weighted by Gasteiger charge is -2.23. The maximum Gasteiger partial charge on any atom is 0.227 e. The van der Waals surface area contributed by atoms with Crippen molar-refractivity contribution in [1.82, 2.24) is 14.9 Å². The van der Waals surface area contributed by atoms with Crippen LogP contribution in [0, 0.1) is 5.92 Å². The van der Waals surface area contributed by atoms with Crippen molar-refractivity contribution in [3.8, 4) is 0 Å². The van der Waals surface area contributed by atoms with E-state index in [0.717, 1.165) is 41.1 Å². The lowest BCUT2D eigenvalue weighted by atomic mass is 9.96. The first-order valence-corrected chi connectivity index (χ1v) is 11.1. The van der Waals surface area contributed by atoms with Crippen LogP contribution < -0.4 is 10.2 Å². The minimum absolute atomic E-state index is 0.0108. The molecule has 2 unspecified atom stereocenters. The number of aryl methyl sites for hydroxylation is 1. The van der Waals surface area contributed by atoms with Crippen molar-refractivity contribution >= 4 is 28.5 Å². The van der Waals surface area contributed by atoms with Crippen LogP contribution in [0.2, 0.25) is 0 Å². The molecule has 1 fully saturated rings. The van der Waals surface area contributed by atoms with Crippen molar-refractivity contribution in [3.05, 3.63) is 59.9 Å². The molecule has 1 aromatic heterocycles. The van der Waals surface area contributed by atoms with Crippen LogP contribution in [0.4, 0.5) is 5.69 Å². The maximum absolute atomic E-state index is 12.9. The number of carbonyl (C=O) groups excluding carboxylic acids is 2. The van der Waals surface area contributed by atoms with Crippen LogP contribution in [-0.4, -0.2) is 27.9 Å². The molecular weight excluding hydrogens is 388 g/mol. The number of benzene rings is 2. The van der Waals surface area contributed by atoms with Gasteiger partial charge in [0.2, 0.25) is 11.8 Å². The summed E-state index contributed by atoms with van der Waals surface area (Å²) in [5.74, 6) is 0.763. The molecule has 162 valence electrons. The zero-order valence-corrected chi connectivity index (χ0v) is 18.5. The first-order valence-electron chi connectivity index (χ1n) is 11.1. The fourth-order valence-electron chi connectivity index (χ4n) is 4.41. The molecule has 2 amide bonds. The van der Waals surface area contributed by atoms with E-state index in [1.54, 1.807) is 4.90 Å². The molecule has 0 radical (unpaired) electrons. The molecule has 2 heterocycles. The number of hydrogen-bond acceptors (Lipinski definition) is 3. The van der Waals surface area contributed by atoms with Gasteiger partial charge in [0.1, 0.15) is 5.82 Å². The number of para-hydroxylation sites is 3. The average molecular weight is 419 g/mol. The molecule has 2 aromatic carbocycles. The number of anilines is 1. The van der Waals surface area contributed by atoms with Crippen LogP contribution in [-0.2, 0) is 22.7 Å². The van der Waals surface area contributed by atoms with Gasteiger partial charge in [0.25, 0.3) is 0 Å². The second-order valence-corrected chi connectivity index (χ2v) is 8.25. The number of rotatable bonds is 7. The molecule has 0 saturated carbocycles. The summed E-state index contributed by atoms with van der Waals surface area (Å²) in [5.41, 5.74) is 4.09. The molecule has 1 saturated heterocycles. The number of imidazole rings is 1. The van der Waals surface area contributed by atoms with E-state index in [9.17, 15) is 9.59 Å². The van der Waals surface area contributed by atoms with Crippen LogP contribution >= 0.6 is 0 Å². The number of nitrogens with zero attached hydrogens (tertiary/aromatic N) is 3. The van der Waals surface area contributed by atoms with E-state index >= 15 is 0 Å². The molecular formula is C25H30N4O2. The van der Waals surface area contributed by atoms with Gasteiger partial charge in [-0.15, -0.1) is 0 Å². The topological polar surface area (TPSA) is 67.2 Å². The summed E-state index contributed by atoms with van der Waals surface area (Å²) in [6, 6.07) is 16.0. The molecule has 1 N–H and O–H groups in total. The third kappa shape index (κ3) is 4.07. The van der Waals surface area contributed by atoms with Gasteiger partial charge in [-0.3, -0.25) is 9.59 Å². The summed E-state index contributed by atoms with van der Waals surface area (Å²) in [4.78, 5) is 32.1. The highest BCUT2D eigenvalue weighted by atomic mass is 16.2. The highest BCUT2D eigenvalue weighted by molar-refractivity contribution is 6.00. The molecule has 1 aliphatic rings.